The van der Waals surface area contributed by atoms with Gasteiger partial charge >= 0.3 is 0 Å². The van der Waals surface area contributed by atoms with Gasteiger partial charge in [-0.2, -0.15) is 0 Å². The summed E-state index contributed by atoms with van der Waals surface area (Å²) in [6, 6.07) is 0. The highest BCUT2D eigenvalue weighted by atomic mass is 14.9. The summed E-state index contributed by atoms with van der Waals surface area (Å²) >= 11 is 0. The molecule has 0 radical (unpaired) electrons. The first kappa shape index (κ1) is 6.66. The van der Waals surface area contributed by atoms with Gasteiger partial charge in [-0.1, -0.05) is 13.3 Å². The molecule has 3 atom stereocenters. The second-order valence-corrected chi connectivity index (χ2v) is 4.07. The first-order valence-corrected chi connectivity index (χ1v) is 4.57. The molecule has 1 aliphatic heterocycles. The van der Waals surface area contributed by atoms with Crippen molar-refractivity contribution in [2.24, 2.45) is 17.8 Å². The van der Waals surface area contributed by atoms with Crippen LogP contribution in [0.4, 0.5) is 0 Å². The van der Waals surface area contributed by atoms with Crippen molar-refractivity contribution < 1.29 is 0 Å². The van der Waals surface area contributed by atoms with Crippen molar-refractivity contribution in [3.63, 3.8) is 0 Å². The van der Waals surface area contributed by atoms with Crippen LogP contribution in [0.5, 0.6) is 0 Å². The number of hydrogen-bond donors (Lipinski definition) is 1. The van der Waals surface area contributed by atoms with E-state index in [2.05, 4.69) is 12.2 Å². The molecule has 1 saturated heterocycles. The van der Waals surface area contributed by atoms with E-state index in [0.717, 1.165) is 17.8 Å². The molecule has 10 heavy (non-hydrogen) atoms. The van der Waals surface area contributed by atoms with Crippen molar-refractivity contribution >= 4 is 0 Å². The minimum absolute atomic E-state index is 0.990. The molecule has 0 aromatic rings. The van der Waals surface area contributed by atoms with E-state index in [4.69, 9.17) is 0 Å². The SMILES string of the molecule is CC1CCC2CNCC1C2. The summed E-state index contributed by atoms with van der Waals surface area (Å²) in [6.45, 7) is 4.99. The molecule has 1 nitrogen and oxygen atoms in total. The largest absolute Gasteiger partial charge is 0.316 e. The van der Waals surface area contributed by atoms with Gasteiger partial charge in [0.25, 0.3) is 0 Å². The highest BCUT2D eigenvalue weighted by Gasteiger charge is 2.30. The van der Waals surface area contributed by atoms with Gasteiger partial charge in [-0.05, 0) is 43.7 Å². The maximum Gasteiger partial charge on any atom is -0.00177 e. The number of rotatable bonds is 0. The Balaban J connectivity index is 2.00. The number of hydrogen-bond acceptors (Lipinski definition) is 1. The van der Waals surface area contributed by atoms with E-state index in [-0.39, 0.29) is 0 Å². The second kappa shape index (κ2) is 2.54. The highest BCUT2D eigenvalue weighted by molar-refractivity contribution is 4.84. The lowest BCUT2D eigenvalue weighted by molar-refractivity contribution is 0.149. The quantitative estimate of drug-likeness (QED) is 0.538. The van der Waals surface area contributed by atoms with Crippen molar-refractivity contribution in [3.8, 4) is 0 Å². The normalized spacial score (nSPS) is 47.1. The molecule has 1 aliphatic carbocycles. The Kier molecular flexibility index (Phi) is 1.69. The zero-order chi connectivity index (χ0) is 6.97. The highest BCUT2D eigenvalue weighted by Crippen LogP contribution is 2.35. The average molecular weight is 139 g/mol. The average Bonchev–Trinajstić information content (AvgIpc) is 1.99. The van der Waals surface area contributed by atoms with Gasteiger partial charge in [0.15, 0.2) is 0 Å². The Hall–Kier alpha value is -0.0400. The summed E-state index contributed by atoms with van der Waals surface area (Å²) in [7, 11) is 0. The van der Waals surface area contributed by atoms with E-state index < -0.39 is 0 Å². The third kappa shape index (κ3) is 1.07. The van der Waals surface area contributed by atoms with E-state index in [1.165, 1.54) is 32.4 Å². The third-order valence-corrected chi connectivity index (χ3v) is 3.31. The fraction of sp³-hybridized carbons (Fsp3) is 1.00. The third-order valence-electron chi connectivity index (χ3n) is 3.31. The van der Waals surface area contributed by atoms with Gasteiger partial charge in [-0.25, -0.2) is 0 Å². The van der Waals surface area contributed by atoms with Crippen molar-refractivity contribution in [3.05, 3.63) is 0 Å². The van der Waals surface area contributed by atoms with Gasteiger partial charge in [0, 0.05) is 0 Å². The van der Waals surface area contributed by atoms with Crippen molar-refractivity contribution in [2.75, 3.05) is 13.1 Å². The van der Waals surface area contributed by atoms with Crippen LogP contribution in [-0.2, 0) is 0 Å². The zero-order valence-electron chi connectivity index (χ0n) is 6.77. The molecule has 1 saturated carbocycles. The van der Waals surface area contributed by atoms with Crippen LogP contribution >= 0.6 is 0 Å². The summed E-state index contributed by atoms with van der Waals surface area (Å²) < 4.78 is 0. The van der Waals surface area contributed by atoms with Gasteiger partial charge in [0.2, 0.25) is 0 Å². The van der Waals surface area contributed by atoms with Gasteiger partial charge < -0.3 is 5.32 Å². The lowest BCUT2D eigenvalue weighted by atomic mass is 9.73. The molecule has 2 aliphatic rings. The minimum atomic E-state index is 0.990. The minimum Gasteiger partial charge on any atom is -0.316 e. The standard InChI is InChI=1S/C9H17N/c1-7-2-3-8-4-9(7)6-10-5-8/h7-10H,2-6H2,1H3. The monoisotopic (exact) mass is 139 g/mol. The molecule has 1 heterocycles. The molecule has 1 N–H and O–H groups in total. The predicted molar refractivity (Wildman–Crippen MR) is 42.9 cm³/mol. The molecule has 2 fully saturated rings. The fourth-order valence-electron chi connectivity index (χ4n) is 2.46. The molecule has 1 heteroatoms. The van der Waals surface area contributed by atoms with Crippen molar-refractivity contribution in [2.45, 2.75) is 26.2 Å². The molecule has 3 unspecified atom stereocenters. The summed E-state index contributed by atoms with van der Waals surface area (Å²) in [4.78, 5) is 0. The van der Waals surface area contributed by atoms with Crippen LogP contribution in [-0.4, -0.2) is 13.1 Å². The van der Waals surface area contributed by atoms with Crippen LogP contribution in [0.25, 0.3) is 0 Å². The predicted octanol–water partition coefficient (Wildman–Crippen LogP) is 1.64. The first-order chi connectivity index (χ1) is 4.86. The van der Waals surface area contributed by atoms with Gasteiger partial charge in [0.1, 0.15) is 0 Å². The van der Waals surface area contributed by atoms with E-state index in [1.54, 1.807) is 0 Å². The van der Waals surface area contributed by atoms with E-state index in [9.17, 15) is 0 Å². The van der Waals surface area contributed by atoms with Crippen LogP contribution in [0.15, 0.2) is 0 Å². The molecule has 58 valence electrons. The smallest absolute Gasteiger partial charge is 0.00177 e. The summed E-state index contributed by atoms with van der Waals surface area (Å²) in [6.07, 6.45) is 4.47. The second-order valence-electron chi connectivity index (χ2n) is 4.07. The Labute approximate surface area is 63.2 Å². The Bertz CT molecular complexity index is 120. The molecule has 2 rings (SSSR count). The fourth-order valence-corrected chi connectivity index (χ4v) is 2.46. The lowest BCUT2D eigenvalue weighted by Gasteiger charge is -2.39. The lowest BCUT2D eigenvalue weighted by Crippen LogP contribution is -2.42. The molecular weight excluding hydrogens is 122 g/mol. The van der Waals surface area contributed by atoms with Gasteiger partial charge in [0.05, 0.1) is 0 Å². The molecule has 0 aromatic carbocycles. The van der Waals surface area contributed by atoms with Crippen molar-refractivity contribution in [1.82, 2.24) is 5.32 Å². The van der Waals surface area contributed by atoms with Crippen LogP contribution in [0.3, 0.4) is 0 Å². The summed E-state index contributed by atoms with van der Waals surface area (Å²) in [5.41, 5.74) is 0. The molecule has 2 bridgehead atoms. The zero-order valence-corrected chi connectivity index (χ0v) is 6.77. The summed E-state index contributed by atoms with van der Waals surface area (Å²) in [5, 5.41) is 3.52. The van der Waals surface area contributed by atoms with E-state index in [0.29, 0.717) is 0 Å². The Morgan fingerprint density at radius 3 is 2.90 bits per heavy atom. The Morgan fingerprint density at radius 2 is 2.10 bits per heavy atom. The van der Waals surface area contributed by atoms with Gasteiger partial charge in [-0.15, -0.1) is 0 Å². The Morgan fingerprint density at radius 1 is 1.20 bits per heavy atom. The molecular formula is C9H17N. The molecule has 0 amide bonds. The van der Waals surface area contributed by atoms with Crippen LogP contribution < -0.4 is 5.32 Å². The first-order valence-electron chi connectivity index (χ1n) is 4.57. The van der Waals surface area contributed by atoms with E-state index in [1.807, 2.05) is 0 Å². The van der Waals surface area contributed by atoms with Crippen LogP contribution in [0.2, 0.25) is 0 Å². The van der Waals surface area contributed by atoms with Gasteiger partial charge in [-0.3, -0.25) is 0 Å². The maximum absolute atomic E-state index is 3.52. The molecule has 0 aromatic heterocycles. The van der Waals surface area contributed by atoms with Crippen LogP contribution in [0, 0.1) is 17.8 Å². The number of piperidine rings is 1. The van der Waals surface area contributed by atoms with Crippen LogP contribution in [0.1, 0.15) is 26.2 Å². The molecule has 0 spiro atoms. The van der Waals surface area contributed by atoms with E-state index >= 15 is 0 Å². The summed E-state index contributed by atoms with van der Waals surface area (Å²) in [5.74, 6) is 3.02. The van der Waals surface area contributed by atoms with Crippen molar-refractivity contribution in [1.29, 1.82) is 0 Å². The topological polar surface area (TPSA) is 12.0 Å². The number of nitrogens with one attached hydrogen (secondary N) is 1. The number of fused-ring (bicyclic) bond motifs is 2. The maximum atomic E-state index is 3.52.